The van der Waals surface area contributed by atoms with E-state index in [-0.39, 0.29) is 5.02 Å². The molecular formula is C22H16ClF3N6. The largest absolute Gasteiger partial charge is 0.416 e. The van der Waals surface area contributed by atoms with E-state index in [1.54, 1.807) is 28.9 Å². The molecule has 3 aromatic heterocycles. The Labute approximate surface area is 186 Å². The first-order valence-electron chi connectivity index (χ1n) is 9.65. The number of hydrogen-bond acceptors (Lipinski definition) is 5. The van der Waals surface area contributed by atoms with Crippen molar-refractivity contribution in [2.45, 2.75) is 19.0 Å². The Balaban J connectivity index is 1.52. The van der Waals surface area contributed by atoms with Crippen LogP contribution in [0.2, 0.25) is 5.02 Å². The van der Waals surface area contributed by atoms with Crippen LogP contribution in [0.3, 0.4) is 0 Å². The molecule has 1 aromatic carbocycles. The minimum atomic E-state index is -4.47. The summed E-state index contributed by atoms with van der Waals surface area (Å²) in [4.78, 5) is 13.1. The van der Waals surface area contributed by atoms with E-state index >= 15 is 0 Å². The molecule has 0 aliphatic rings. The smallest absolute Gasteiger partial charge is 0.355 e. The lowest BCUT2D eigenvalue weighted by Gasteiger charge is -2.13. The number of nitrogens with one attached hydrogen (secondary N) is 1. The van der Waals surface area contributed by atoms with E-state index in [4.69, 9.17) is 16.9 Å². The average Bonchev–Trinajstić information content (AvgIpc) is 3.25. The molecule has 162 valence electrons. The lowest BCUT2D eigenvalue weighted by atomic mass is 10.1. The van der Waals surface area contributed by atoms with Gasteiger partial charge in [0.1, 0.15) is 11.7 Å². The van der Waals surface area contributed by atoms with Crippen LogP contribution >= 0.6 is 11.6 Å². The van der Waals surface area contributed by atoms with Crippen molar-refractivity contribution in [3.63, 3.8) is 0 Å². The summed E-state index contributed by atoms with van der Waals surface area (Å²) in [5, 5.41) is 12.0. The number of benzene rings is 1. The van der Waals surface area contributed by atoms with E-state index in [0.29, 0.717) is 41.4 Å². The maximum atomic E-state index is 12.9. The van der Waals surface area contributed by atoms with E-state index in [1.165, 1.54) is 12.3 Å². The SMILES string of the molecule is N#Cc1ccc(CCCNc2nc(-c3ccc(C(F)(F)F)cc3Cl)cc3nccn23)nc1. The Kier molecular flexibility index (Phi) is 5.97. The predicted molar refractivity (Wildman–Crippen MR) is 114 cm³/mol. The maximum absolute atomic E-state index is 12.9. The Bertz CT molecular complexity index is 1290. The molecule has 32 heavy (non-hydrogen) atoms. The van der Waals surface area contributed by atoms with Crippen LogP contribution in [0.5, 0.6) is 0 Å². The topological polar surface area (TPSA) is 78.9 Å². The highest BCUT2D eigenvalue weighted by Gasteiger charge is 2.31. The molecular weight excluding hydrogens is 441 g/mol. The fourth-order valence-electron chi connectivity index (χ4n) is 3.19. The number of nitrogens with zero attached hydrogens (tertiary/aromatic N) is 5. The van der Waals surface area contributed by atoms with Crippen molar-refractivity contribution in [2.75, 3.05) is 11.9 Å². The number of rotatable bonds is 6. The van der Waals surface area contributed by atoms with Crippen molar-refractivity contribution in [2.24, 2.45) is 0 Å². The van der Waals surface area contributed by atoms with Gasteiger partial charge in [-0.15, -0.1) is 0 Å². The van der Waals surface area contributed by atoms with Gasteiger partial charge >= 0.3 is 6.18 Å². The summed E-state index contributed by atoms with van der Waals surface area (Å²) in [7, 11) is 0. The molecule has 0 saturated heterocycles. The molecule has 0 aliphatic carbocycles. The van der Waals surface area contributed by atoms with Crippen molar-refractivity contribution in [1.29, 1.82) is 5.26 Å². The van der Waals surface area contributed by atoms with Gasteiger partial charge in [-0.1, -0.05) is 17.7 Å². The van der Waals surface area contributed by atoms with Crippen LogP contribution in [0.15, 0.2) is 55.0 Å². The third-order valence-corrected chi connectivity index (χ3v) is 5.12. The molecule has 1 N–H and O–H groups in total. The summed E-state index contributed by atoms with van der Waals surface area (Å²) in [6, 6.07) is 10.4. The normalized spacial score (nSPS) is 11.5. The number of halogens is 4. The van der Waals surface area contributed by atoms with Gasteiger partial charge in [-0.25, -0.2) is 9.97 Å². The average molecular weight is 457 g/mol. The maximum Gasteiger partial charge on any atom is 0.416 e. The van der Waals surface area contributed by atoms with Crippen LogP contribution in [0.4, 0.5) is 19.1 Å². The number of anilines is 1. The standard InChI is InChI=1S/C22H16ClF3N6/c23-18-10-15(22(24,25)26)4-6-17(18)19-11-20-28-8-9-32(20)21(31-19)29-7-1-2-16-5-3-14(12-27)13-30-16/h3-6,8-11,13H,1-2,7H2,(H,29,31). The molecule has 0 radical (unpaired) electrons. The van der Waals surface area contributed by atoms with Gasteiger partial charge in [-0.3, -0.25) is 9.38 Å². The first-order chi connectivity index (χ1) is 15.3. The quantitative estimate of drug-likeness (QED) is 0.394. The highest BCUT2D eigenvalue weighted by Crippen LogP contribution is 2.35. The molecule has 0 unspecified atom stereocenters. The summed E-state index contributed by atoms with van der Waals surface area (Å²) in [6.45, 7) is 0.576. The minimum Gasteiger partial charge on any atom is -0.355 e. The van der Waals surface area contributed by atoms with Crippen molar-refractivity contribution < 1.29 is 13.2 Å². The first kappa shape index (κ1) is 21.6. The number of hydrogen-bond donors (Lipinski definition) is 1. The molecule has 3 heterocycles. The lowest BCUT2D eigenvalue weighted by molar-refractivity contribution is -0.137. The predicted octanol–water partition coefficient (Wildman–Crippen LogP) is 5.38. The molecule has 0 spiro atoms. The fourth-order valence-corrected chi connectivity index (χ4v) is 3.47. The molecule has 4 rings (SSSR count). The van der Waals surface area contributed by atoms with Crippen LogP contribution in [0.1, 0.15) is 23.2 Å². The second-order valence-electron chi connectivity index (χ2n) is 6.99. The number of aromatic nitrogens is 4. The van der Waals surface area contributed by atoms with Gasteiger partial charge in [0, 0.05) is 42.5 Å². The zero-order valence-corrected chi connectivity index (χ0v) is 17.3. The van der Waals surface area contributed by atoms with Crippen molar-refractivity contribution in [3.8, 4) is 17.3 Å². The van der Waals surface area contributed by atoms with Gasteiger partial charge < -0.3 is 5.32 Å². The van der Waals surface area contributed by atoms with Gasteiger partial charge in [0.05, 0.1) is 21.8 Å². The summed E-state index contributed by atoms with van der Waals surface area (Å²) < 4.78 is 40.6. The number of pyridine rings is 1. The molecule has 0 saturated carbocycles. The van der Waals surface area contributed by atoms with Crippen molar-refractivity contribution in [1.82, 2.24) is 19.4 Å². The monoisotopic (exact) mass is 456 g/mol. The number of imidazole rings is 1. The third-order valence-electron chi connectivity index (χ3n) is 4.81. The molecule has 0 fully saturated rings. The molecule has 4 aromatic rings. The Morgan fingerprint density at radius 3 is 2.66 bits per heavy atom. The Morgan fingerprint density at radius 2 is 1.97 bits per heavy atom. The van der Waals surface area contributed by atoms with E-state index < -0.39 is 11.7 Å². The van der Waals surface area contributed by atoms with Gasteiger partial charge in [-0.2, -0.15) is 18.4 Å². The van der Waals surface area contributed by atoms with E-state index in [2.05, 4.69) is 20.3 Å². The summed E-state index contributed by atoms with van der Waals surface area (Å²) in [6.07, 6.45) is 1.87. The van der Waals surface area contributed by atoms with Crippen molar-refractivity contribution in [3.05, 3.63) is 76.8 Å². The highest BCUT2D eigenvalue weighted by atomic mass is 35.5. The van der Waals surface area contributed by atoms with Gasteiger partial charge in [0.2, 0.25) is 5.95 Å². The van der Waals surface area contributed by atoms with Gasteiger partial charge in [0.25, 0.3) is 0 Å². The fraction of sp³-hybridized carbons (Fsp3) is 0.182. The van der Waals surface area contributed by atoms with Gasteiger partial charge in [0.15, 0.2) is 0 Å². The molecule has 0 aliphatic heterocycles. The molecule has 6 nitrogen and oxygen atoms in total. The Hall–Kier alpha value is -3.64. The van der Waals surface area contributed by atoms with Crippen LogP contribution in [0.25, 0.3) is 16.9 Å². The second-order valence-corrected chi connectivity index (χ2v) is 7.40. The number of aryl methyl sites for hydroxylation is 1. The number of alkyl halides is 3. The molecule has 0 amide bonds. The first-order valence-corrected chi connectivity index (χ1v) is 10.0. The van der Waals surface area contributed by atoms with Crippen LogP contribution in [0, 0.1) is 11.3 Å². The van der Waals surface area contributed by atoms with E-state index in [0.717, 1.165) is 24.2 Å². The third kappa shape index (κ3) is 4.65. The zero-order chi connectivity index (χ0) is 22.7. The van der Waals surface area contributed by atoms with Crippen LogP contribution in [-0.4, -0.2) is 25.9 Å². The van der Waals surface area contributed by atoms with Crippen LogP contribution in [-0.2, 0) is 12.6 Å². The lowest BCUT2D eigenvalue weighted by Crippen LogP contribution is -2.10. The highest BCUT2D eigenvalue weighted by molar-refractivity contribution is 6.33. The summed E-state index contributed by atoms with van der Waals surface area (Å²) in [5.41, 5.74) is 1.95. The van der Waals surface area contributed by atoms with E-state index in [9.17, 15) is 13.2 Å². The summed E-state index contributed by atoms with van der Waals surface area (Å²) >= 11 is 6.15. The van der Waals surface area contributed by atoms with Gasteiger partial charge in [-0.05, 0) is 37.1 Å². The second kappa shape index (κ2) is 8.85. The molecule has 0 atom stereocenters. The zero-order valence-electron chi connectivity index (χ0n) is 16.6. The van der Waals surface area contributed by atoms with Crippen molar-refractivity contribution >= 4 is 23.2 Å². The number of nitriles is 1. The van der Waals surface area contributed by atoms with E-state index in [1.807, 2.05) is 12.1 Å². The minimum absolute atomic E-state index is 0.0407. The van der Waals surface area contributed by atoms with Crippen LogP contribution < -0.4 is 5.32 Å². The number of fused-ring (bicyclic) bond motifs is 1. The summed E-state index contributed by atoms with van der Waals surface area (Å²) in [5.74, 6) is 0.499. The Morgan fingerprint density at radius 1 is 1.12 bits per heavy atom. The molecule has 10 heteroatoms. The molecule has 0 bridgehead atoms.